The van der Waals surface area contributed by atoms with Crippen molar-refractivity contribution in [3.63, 3.8) is 0 Å². The third kappa shape index (κ3) is 3.63. The maximum absolute atomic E-state index is 12.8. The van der Waals surface area contributed by atoms with E-state index in [4.69, 9.17) is 4.74 Å². The molecule has 0 saturated carbocycles. The summed E-state index contributed by atoms with van der Waals surface area (Å²) >= 11 is 0. The molecule has 2 atom stereocenters. The van der Waals surface area contributed by atoms with Crippen LogP contribution in [0, 0.1) is 6.92 Å². The first kappa shape index (κ1) is 17.4. The van der Waals surface area contributed by atoms with Crippen molar-refractivity contribution < 1.29 is 17.9 Å². The van der Waals surface area contributed by atoms with Crippen molar-refractivity contribution in [1.82, 2.24) is 9.62 Å². The molecule has 2 fully saturated rings. The van der Waals surface area contributed by atoms with E-state index < -0.39 is 16.1 Å². The smallest absolute Gasteiger partial charge is 0.243 e. The van der Waals surface area contributed by atoms with Gasteiger partial charge >= 0.3 is 0 Å². The summed E-state index contributed by atoms with van der Waals surface area (Å²) in [6, 6.07) is 6.12. The van der Waals surface area contributed by atoms with E-state index in [0.29, 0.717) is 25.9 Å². The maximum atomic E-state index is 12.8. The molecule has 1 aromatic carbocycles. The van der Waals surface area contributed by atoms with Gasteiger partial charge in [0, 0.05) is 19.7 Å². The van der Waals surface area contributed by atoms with E-state index in [-0.39, 0.29) is 16.9 Å². The molecule has 1 N–H and O–H groups in total. The van der Waals surface area contributed by atoms with Crippen LogP contribution >= 0.6 is 0 Å². The molecule has 24 heavy (non-hydrogen) atoms. The summed E-state index contributed by atoms with van der Waals surface area (Å²) in [5.74, 6) is -0.223. The Morgan fingerprint density at radius 3 is 2.67 bits per heavy atom. The van der Waals surface area contributed by atoms with Crippen LogP contribution < -0.4 is 5.32 Å². The summed E-state index contributed by atoms with van der Waals surface area (Å²) < 4.78 is 32.5. The monoisotopic (exact) mass is 352 g/mol. The van der Waals surface area contributed by atoms with Crippen molar-refractivity contribution in [2.24, 2.45) is 0 Å². The fourth-order valence-electron chi connectivity index (χ4n) is 3.27. The number of carbonyl (C=O) groups excluding carboxylic acids is 1. The molecule has 0 radical (unpaired) electrons. The molecule has 2 heterocycles. The highest BCUT2D eigenvalue weighted by Crippen LogP contribution is 2.26. The molecule has 0 spiro atoms. The van der Waals surface area contributed by atoms with Crippen LogP contribution in [0.2, 0.25) is 0 Å². The summed E-state index contributed by atoms with van der Waals surface area (Å²) in [4.78, 5) is 12.7. The number of sulfonamides is 1. The highest BCUT2D eigenvalue weighted by Gasteiger charge is 2.39. The lowest BCUT2D eigenvalue weighted by Gasteiger charge is -2.24. The molecule has 2 unspecified atom stereocenters. The quantitative estimate of drug-likeness (QED) is 0.870. The molecule has 1 aromatic rings. The zero-order valence-corrected chi connectivity index (χ0v) is 14.7. The van der Waals surface area contributed by atoms with Gasteiger partial charge in [0.05, 0.1) is 11.0 Å². The molecule has 2 aliphatic heterocycles. The average Bonchev–Trinajstić information content (AvgIpc) is 3.24. The normalized spacial score (nSPS) is 25.0. The Morgan fingerprint density at radius 2 is 2.00 bits per heavy atom. The van der Waals surface area contributed by atoms with E-state index >= 15 is 0 Å². The van der Waals surface area contributed by atoms with Gasteiger partial charge in [-0.2, -0.15) is 4.31 Å². The zero-order chi connectivity index (χ0) is 17.2. The predicted molar refractivity (Wildman–Crippen MR) is 90.1 cm³/mol. The lowest BCUT2D eigenvalue weighted by atomic mass is 10.2. The van der Waals surface area contributed by atoms with Crippen LogP contribution in [0.25, 0.3) is 0 Å². The van der Waals surface area contributed by atoms with Crippen LogP contribution in [0.3, 0.4) is 0 Å². The average molecular weight is 352 g/mol. The van der Waals surface area contributed by atoms with E-state index in [1.54, 1.807) is 24.3 Å². The van der Waals surface area contributed by atoms with Gasteiger partial charge in [0.25, 0.3) is 0 Å². The van der Waals surface area contributed by atoms with Gasteiger partial charge in [-0.25, -0.2) is 8.42 Å². The van der Waals surface area contributed by atoms with Gasteiger partial charge in [0.2, 0.25) is 15.9 Å². The first-order valence-electron chi connectivity index (χ1n) is 8.46. The number of ether oxygens (including phenoxy) is 1. The largest absolute Gasteiger partial charge is 0.376 e. The van der Waals surface area contributed by atoms with Crippen LogP contribution in [0.1, 0.15) is 31.2 Å². The minimum absolute atomic E-state index is 0.0532. The van der Waals surface area contributed by atoms with Crippen LogP contribution in [0.15, 0.2) is 29.2 Å². The van der Waals surface area contributed by atoms with Gasteiger partial charge in [-0.3, -0.25) is 4.79 Å². The van der Waals surface area contributed by atoms with Crippen molar-refractivity contribution >= 4 is 15.9 Å². The molecule has 6 nitrogen and oxygen atoms in total. The second kappa shape index (κ2) is 7.21. The number of aryl methyl sites for hydroxylation is 1. The summed E-state index contributed by atoms with van der Waals surface area (Å²) in [5.41, 5.74) is 1.00. The van der Waals surface area contributed by atoms with Gasteiger partial charge < -0.3 is 10.1 Å². The van der Waals surface area contributed by atoms with Crippen molar-refractivity contribution in [2.75, 3.05) is 19.7 Å². The number of nitrogens with zero attached hydrogens (tertiary/aromatic N) is 1. The molecule has 7 heteroatoms. The number of hydrogen-bond acceptors (Lipinski definition) is 4. The minimum atomic E-state index is -3.65. The zero-order valence-electron chi connectivity index (χ0n) is 13.9. The topological polar surface area (TPSA) is 75.7 Å². The number of rotatable bonds is 5. The lowest BCUT2D eigenvalue weighted by molar-refractivity contribution is -0.124. The Balaban J connectivity index is 1.69. The summed E-state index contributed by atoms with van der Waals surface area (Å²) in [6.45, 7) is 3.48. The predicted octanol–water partition coefficient (Wildman–Crippen LogP) is 1.44. The third-order valence-corrected chi connectivity index (χ3v) is 6.58. The van der Waals surface area contributed by atoms with Gasteiger partial charge in [-0.1, -0.05) is 17.7 Å². The summed E-state index contributed by atoms with van der Waals surface area (Å²) in [7, 11) is -3.65. The van der Waals surface area contributed by atoms with Crippen LogP contribution in [-0.4, -0.2) is 50.5 Å². The Labute approximate surface area is 143 Å². The number of hydrogen-bond donors (Lipinski definition) is 1. The molecule has 0 aromatic heterocycles. The molecular weight excluding hydrogens is 328 g/mol. The number of carbonyl (C=O) groups is 1. The third-order valence-electron chi connectivity index (χ3n) is 4.66. The SMILES string of the molecule is Cc1ccc(S(=O)(=O)N2CCCC2C(=O)NCC2CCCO2)cc1. The lowest BCUT2D eigenvalue weighted by Crippen LogP contribution is -2.47. The van der Waals surface area contributed by atoms with Crippen molar-refractivity contribution in [1.29, 1.82) is 0 Å². The highest BCUT2D eigenvalue weighted by molar-refractivity contribution is 7.89. The Kier molecular flexibility index (Phi) is 5.22. The summed E-state index contributed by atoms with van der Waals surface area (Å²) in [5, 5.41) is 2.86. The Hall–Kier alpha value is -1.44. The van der Waals surface area contributed by atoms with Gasteiger partial charge in [0.15, 0.2) is 0 Å². The van der Waals surface area contributed by atoms with E-state index in [1.807, 2.05) is 6.92 Å². The molecule has 0 bridgehead atoms. The van der Waals surface area contributed by atoms with Crippen LogP contribution in [0.5, 0.6) is 0 Å². The number of amides is 1. The van der Waals surface area contributed by atoms with Crippen molar-refractivity contribution in [3.8, 4) is 0 Å². The van der Waals surface area contributed by atoms with E-state index in [0.717, 1.165) is 25.0 Å². The molecule has 2 aliphatic rings. The highest BCUT2D eigenvalue weighted by atomic mass is 32.2. The fraction of sp³-hybridized carbons (Fsp3) is 0.588. The first-order valence-corrected chi connectivity index (χ1v) is 9.90. The molecular formula is C17H24N2O4S. The van der Waals surface area contributed by atoms with Crippen LogP contribution in [-0.2, 0) is 19.6 Å². The Morgan fingerprint density at radius 1 is 1.25 bits per heavy atom. The maximum Gasteiger partial charge on any atom is 0.243 e. The van der Waals surface area contributed by atoms with Crippen molar-refractivity contribution in [3.05, 3.63) is 29.8 Å². The van der Waals surface area contributed by atoms with Crippen molar-refractivity contribution in [2.45, 2.75) is 49.6 Å². The second-order valence-electron chi connectivity index (χ2n) is 6.47. The second-order valence-corrected chi connectivity index (χ2v) is 8.36. The molecule has 2 saturated heterocycles. The van der Waals surface area contributed by atoms with Gasteiger partial charge in [-0.05, 0) is 44.7 Å². The number of nitrogens with one attached hydrogen (secondary N) is 1. The Bertz CT molecular complexity index is 681. The van der Waals surface area contributed by atoms with E-state index in [1.165, 1.54) is 4.31 Å². The standard InChI is InChI=1S/C17H24N2O4S/c1-13-6-8-15(9-7-13)24(21,22)19-10-2-5-16(19)17(20)18-12-14-4-3-11-23-14/h6-9,14,16H,2-5,10-12H2,1H3,(H,18,20). The minimum Gasteiger partial charge on any atom is -0.376 e. The summed E-state index contributed by atoms with van der Waals surface area (Å²) in [6.07, 6.45) is 3.26. The van der Waals surface area contributed by atoms with Crippen LogP contribution in [0.4, 0.5) is 0 Å². The molecule has 132 valence electrons. The first-order chi connectivity index (χ1) is 11.5. The van der Waals surface area contributed by atoms with Gasteiger partial charge in [0.1, 0.15) is 6.04 Å². The number of benzene rings is 1. The molecule has 0 aliphatic carbocycles. The van der Waals surface area contributed by atoms with Gasteiger partial charge in [-0.15, -0.1) is 0 Å². The fourth-order valence-corrected chi connectivity index (χ4v) is 4.93. The molecule has 1 amide bonds. The molecule has 3 rings (SSSR count). The van der Waals surface area contributed by atoms with E-state index in [9.17, 15) is 13.2 Å². The van der Waals surface area contributed by atoms with E-state index in [2.05, 4.69) is 5.32 Å².